The molecule has 0 bridgehead atoms. The number of nitrogens with two attached hydrogens (primary N) is 4. The number of carbonyl (C=O) groups excluding carboxylic acids is 1. The van der Waals surface area contributed by atoms with Crippen LogP contribution in [0.15, 0.2) is 11.4 Å². The van der Waals surface area contributed by atoms with Gasteiger partial charge in [0.2, 0.25) is 0 Å². The quantitative estimate of drug-likeness (QED) is 0.336. The molecule has 0 radical (unpaired) electrons. The summed E-state index contributed by atoms with van der Waals surface area (Å²) in [6.45, 7) is 0.186. The highest BCUT2D eigenvalue weighted by molar-refractivity contribution is 5.91. The van der Waals surface area contributed by atoms with E-state index in [1.165, 1.54) is 0 Å². The summed E-state index contributed by atoms with van der Waals surface area (Å²) in [5.74, 6) is -0.624. The van der Waals surface area contributed by atoms with Crippen LogP contribution in [0.1, 0.15) is 0 Å². The van der Waals surface area contributed by atoms with E-state index in [4.69, 9.17) is 27.7 Å². The van der Waals surface area contributed by atoms with Gasteiger partial charge in [-0.3, -0.25) is 0 Å². The van der Waals surface area contributed by atoms with Crippen molar-refractivity contribution < 1.29 is 9.53 Å². The normalized spacial score (nSPS) is 25.8. The molecule has 0 aromatic carbocycles. The predicted octanol–water partition coefficient (Wildman–Crippen LogP) is -2.67. The zero-order chi connectivity index (χ0) is 9.30. The monoisotopic (exact) mass is 172 g/mol. The molecule has 0 unspecified atom stereocenters. The van der Waals surface area contributed by atoms with Crippen molar-refractivity contribution in [2.75, 3.05) is 6.54 Å². The summed E-state index contributed by atoms with van der Waals surface area (Å²) >= 11 is 0. The first-order valence-electron chi connectivity index (χ1n) is 3.49. The Morgan fingerprint density at radius 1 is 1.50 bits per heavy atom. The van der Waals surface area contributed by atoms with Crippen molar-refractivity contribution in [1.29, 1.82) is 0 Å². The van der Waals surface area contributed by atoms with Gasteiger partial charge in [0.05, 0.1) is 11.7 Å². The topological polar surface area (TPSA) is 130 Å². The number of hydrogen-bond donors (Lipinski definition) is 4. The Kier molecular flexibility index (Phi) is 2.20. The van der Waals surface area contributed by atoms with Crippen molar-refractivity contribution in [2.45, 2.75) is 12.1 Å². The molecule has 1 aliphatic heterocycles. The van der Waals surface area contributed by atoms with Gasteiger partial charge in [0.1, 0.15) is 5.70 Å². The van der Waals surface area contributed by atoms with Crippen LogP contribution in [-0.4, -0.2) is 24.7 Å². The molecule has 2 atom stereocenters. The summed E-state index contributed by atoms with van der Waals surface area (Å²) in [5.41, 5.74) is 21.7. The lowest BCUT2D eigenvalue weighted by Crippen LogP contribution is -2.43. The summed E-state index contributed by atoms with van der Waals surface area (Å²) in [6, 6.07) is -0.491. The standard InChI is InChI=1S/C6H12N4O2/c7-1-2(8)5-3(9)4(10)6(11)12-5/h2,5H,1,7-10H2/t2-,5+/m0/s1. The molecular weight excluding hydrogens is 160 g/mol. The lowest BCUT2D eigenvalue weighted by molar-refractivity contribution is -0.140. The molecule has 0 saturated carbocycles. The van der Waals surface area contributed by atoms with Crippen LogP contribution >= 0.6 is 0 Å². The van der Waals surface area contributed by atoms with Crippen LogP contribution in [0, 0.1) is 0 Å². The minimum Gasteiger partial charge on any atom is -0.449 e. The fraction of sp³-hybridized carbons (Fsp3) is 0.500. The molecule has 0 fully saturated rings. The second kappa shape index (κ2) is 3.00. The largest absolute Gasteiger partial charge is 0.449 e. The Hall–Kier alpha value is -1.27. The van der Waals surface area contributed by atoms with Crippen LogP contribution in [0.2, 0.25) is 0 Å². The minimum absolute atomic E-state index is 0.0658. The van der Waals surface area contributed by atoms with Gasteiger partial charge in [0.25, 0.3) is 0 Å². The third-order valence-electron chi connectivity index (χ3n) is 1.73. The molecule has 1 heterocycles. The first-order chi connectivity index (χ1) is 5.57. The maximum atomic E-state index is 10.8. The maximum absolute atomic E-state index is 10.8. The number of cyclic esters (lactones) is 1. The number of esters is 1. The Balaban J connectivity index is 2.80. The molecule has 0 aromatic rings. The highest BCUT2D eigenvalue weighted by Gasteiger charge is 2.34. The molecule has 12 heavy (non-hydrogen) atoms. The van der Waals surface area contributed by atoms with E-state index in [0.717, 1.165) is 0 Å². The predicted molar refractivity (Wildman–Crippen MR) is 42.3 cm³/mol. The van der Waals surface area contributed by atoms with E-state index in [9.17, 15) is 4.79 Å². The molecule has 0 spiro atoms. The molecule has 8 N–H and O–H groups in total. The second-order valence-electron chi connectivity index (χ2n) is 2.59. The second-order valence-corrected chi connectivity index (χ2v) is 2.59. The number of rotatable bonds is 2. The van der Waals surface area contributed by atoms with E-state index in [1.54, 1.807) is 0 Å². The van der Waals surface area contributed by atoms with Gasteiger partial charge in [0, 0.05) is 6.54 Å². The van der Waals surface area contributed by atoms with Crippen molar-refractivity contribution in [3.63, 3.8) is 0 Å². The molecule has 0 aromatic heterocycles. The van der Waals surface area contributed by atoms with Gasteiger partial charge >= 0.3 is 5.97 Å². The summed E-state index contributed by atoms with van der Waals surface area (Å²) in [7, 11) is 0. The minimum atomic E-state index is -0.664. The van der Waals surface area contributed by atoms with E-state index in [1.807, 2.05) is 0 Å². The first kappa shape index (κ1) is 8.82. The molecule has 1 aliphatic rings. The Morgan fingerprint density at radius 2 is 2.08 bits per heavy atom. The van der Waals surface area contributed by atoms with Gasteiger partial charge in [-0.2, -0.15) is 0 Å². The average molecular weight is 172 g/mol. The van der Waals surface area contributed by atoms with Crippen molar-refractivity contribution in [1.82, 2.24) is 0 Å². The Bertz CT molecular complexity index is 238. The highest BCUT2D eigenvalue weighted by Crippen LogP contribution is 2.16. The van der Waals surface area contributed by atoms with Crippen LogP contribution in [0.25, 0.3) is 0 Å². The fourth-order valence-corrected chi connectivity index (χ4v) is 0.955. The molecule has 1 rings (SSSR count). The molecule has 0 amide bonds. The summed E-state index contributed by atoms with van der Waals surface area (Å²) in [6.07, 6.45) is -0.664. The third kappa shape index (κ3) is 1.21. The van der Waals surface area contributed by atoms with Gasteiger partial charge in [-0.25, -0.2) is 4.79 Å². The Morgan fingerprint density at radius 3 is 2.42 bits per heavy atom. The van der Waals surface area contributed by atoms with Crippen LogP contribution in [0.5, 0.6) is 0 Å². The molecule has 0 aliphatic carbocycles. The van der Waals surface area contributed by atoms with Gasteiger partial charge in [0.15, 0.2) is 6.10 Å². The average Bonchev–Trinajstić information content (AvgIpc) is 2.32. The van der Waals surface area contributed by atoms with E-state index >= 15 is 0 Å². The zero-order valence-corrected chi connectivity index (χ0v) is 6.49. The van der Waals surface area contributed by atoms with Crippen LogP contribution in [0.4, 0.5) is 0 Å². The number of ether oxygens (including phenoxy) is 1. The van der Waals surface area contributed by atoms with Crippen molar-refractivity contribution in [3.05, 3.63) is 11.4 Å². The molecule has 6 heteroatoms. The van der Waals surface area contributed by atoms with E-state index in [2.05, 4.69) is 0 Å². The summed E-state index contributed by atoms with van der Waals surface area (Å²) in [5, 5.41) is 0. The molecule has 68 valence electrons. The van der Waals surface area contributed by atoms with E-state index in [-0.39, 0.29) is 17.9 Å². The van der Waals surface area contributed by atoms with E-state index in [0.29, 0.717) is 0 Å². The van der Waals surface area contributed by atoms with Gasteiger partial charge in [-0.05, 0) is 0 Å². The number of hydrogen-bond acceptors (Lipinski definition) is 6. The maximum Gasteiger partial charge on any atom is 0.356 e. The zero-order valence-electron chi connectivity index (χ0n) is 6.49. The van der Waals surface area contributed by atoms with Crippen molar-refractivity contribution in [2.24, 2.45) is 22.9 Å². The lowest BCUT2D eigenvalue weighted by atomic mass is 10.1. The van der Waals surface area contributed by atoms with Crippen molar-refractivity contribution in [3.8, 4) is 0 Å². The van der Waals surface area contributed by atoms with Gasteiger partial charge < -0.3 is 27.7 Å². The van der Waals surface area contributed by atoms with Crippen molar-refractivity contribution >= 4 is 5.97 Å². The lowest BCUT2D eigenvalue weighted by Gasteiger charge is -2.16. The first-order valence-corrected chi connectivity index (χ1v) is 3.49. The Labute approximate surface area is 69.5 Å². The van der Waals surface area contributed by atoms with Crippen LogP contribution in [0.3, 0.4) is 0 Å². The summed E-state index contributed by atoms with van der Waals surface area (Å²) < 4.78 is 4.77. The molecule has 0 saturated heterocycles. The third-order valence-corrected chi connectivity index (χ3v) is 1.73. The molecule has 6 nitrogen and oxygen atoms in total. The van der Waals surface area contributed by atoms with Gasteiger partial charge in [-0.1, -0.05) is 0 Å². The van der Waals surface area contributed by atoms with Crippen LogP contribution in [-0.2, 0) is 9.53 Å². The molecular formula is C6H12N4O2. The summed E-state index contributed by atoms with van der Waals surface area (Å²) in [4.78, 5) is 10.8. The number of carbonyl (C=O) groups is 1. The fourth-order valence-electron chi connectivity index (χ4n) is 0.955. The van der Waals surface area contributed by atoms with Crippen LogP contribution < -0.4 is 22.9 Å². The van der Waals surface area contributed by atoms with Gasteiger partial charge in [-0.15, -0.1) is 0 Å². The SMILES string of the molecule is NC[C@H](N)[C@H]1OC(=O)C(N)=C1N. The smallest absolute Gasteiger partial charge is 0.356 e. The highest BCUT2D eigenvalue weighted by atomic mass is 16.6. The van der Waals surface area contributed by atoms with E-state index < -0.39 is 18.1 Å².